The second-order valence-electron chi connectivity index (χ2n) is 4.41. The Kier molecular flexibility index (Phi) is 3.58. The van der Waals surface area contributed by atoms with Gasteiger partial charge in [-0.15, -0.1) is 0 Å². The molecule has 1 heterocycles. The Balaban J connectivity index is 1.96. The van der Waals surface area contributed by atoms with Crippen LogP contribution in [0.2, 0.25) is 0 Å². The monoisotopic (exact) mass is 343 g/mol. The van der Waals surface area contributed by atoms with Crippen molar-refractivity contribution in [1.82, 2.24) is 0 Å². The average Bonchev–Trinajstić information content (AvgIpc) is 2.83. The highest BCUT2D eigenvalue weighted by atomic mass is 79.9. The number of halogens is 1. The average molecular weight is 344 g/mol. The van der Waals surface area contributed by atoms with Gasteiger partial charge in [-0.3, -0.25) is 0 Å². The molecule has 0 aliphatic carbocycles. The standard InChI is InChI=1S/C16H10BrNO3/c17-13-4-2-1-3-12(13)15-18-14(16(20)21-15)9-10-5-7-11(19)8-6-10/h1-9,19H/b14-9+. The van der Waals surface area contributed by atoms with Crippen molar-refractivity contribution in [3.8, 4) is 5.75 Å². The molecule has 0 fully saturated rings. The zero-order valence-corrected chi connectivity index (χ0v) is 12.4. The highest BCUT2D eigenvalue weighted by Crippen LogP contribution is 2.24. The van der Waals surface area contributed by atoms with Crippen molar-refractivity contribution in [2.45, 2.75) is 0 Å². The van der Waals surface area contributed by atoms with E-state index in [0.29, 0.717) is 0 Å². The van der Waals surface area contributed by atoms with Crippen LogP contribution >= 0.6 is 15.9 Å². The van der Waals surface area contributed by atoms with E-state index in [1.807, 2.05) is 24.3 Å². The molecule has 104 valence electrons. The number of ether oxygens (including phenoxy) is 1. The Morgan fingerprint density at radius 1 is 1.10 bits per heavy atom. The van der Waals surface area contributed by atoms with E-state index in [4.69, 9.17) is 4.74 Å². The number of esters is 1. The quantitative estimate of drug-likeness (QED) is 0.670. The van der Waals surface area contributed by atoms with E-state index >= 15 is 0 Å². The molecule has 5 heteroatoms. The summed E-state index contributed by atoms with van der Waals surface area (Å²) < 4.78 is 6.01. The summed E-state index contributed by atoms with van der Waals surface area (Å²) in [6.07, 6.45) is 1.62. The van der Waals surface area contributed by atoms with Gasteiger partial charge < -0.3 is 9.84 Å². The van der Waals surface area contributed by atoms with Crippen molar-refractivity contribution >= 4 is 33.9 Å². The fourth-order valence-corrected chi connectivity index (χ4v) is 2.34. The summed E-state index contributed by atoms with van der Waals surface area (Å²) in [4.78, 5) is 16.1. The molecule has 0 atom stereocenters. The van der Waals surface area contributed by atoms with Crippen LogP contribution in [0.15, 0.2) is 63.7 Å². The van der Waals surface area contributed by atoms with Gasteiger partial charge in [0, 0.05) is 4.47 Å². The first-order valence-electron chi connectivity index (χ1n) is 6.20. The molecular formula is C16H10BrNO3. The van der Waals surface area contributed by atoms with Gasteiger partial charge in [0.05, 0.1) is 5.56 Å². The molecule has 4 nitrogen and oxygen atoms in total. The van der Waals surface area contributed by atoms with E-state index < -0.39 is 5.97 Å². The maximum atomic E-state index is 11.9. The van der Waals surface area contributed by atoms with Crippen LogP contribution in [0.3, 0.4) is 0 Å². The van der Waals surface area contributed by atoms with E-state index in [1.165, 1.54) is 0 Å². The fraction of sp³-hybridized carbons (Fsp3) is 0. The minimum Gasteiger partial charge on any atom is -0.508 e. The molecule has 2 aromatic carbocycles. The van der Waals surface area contributed by atoms with Crippen molar-refractivity contribution < 1.29 is 14.6 Å². The predicted molar refractivity (Wildman–Crippen MR) is 82.9 cm³/mol. The minimum atomic E-state index is -0.492. The lowest BCUT2D eigenvalue weighted by molar-refractivity contribution is -0.129. The summed E-state index contributed by atoms with van der Waals surface area (Å²) >= 11 is 3.40. The summed E-state index contributed by atoms with van der Waals surface area (Å²) in [7, 11) is 0. The number of carbonyl (C=O) groups is 1. The normalized spacial score (nSPS) is 16.0. The lowest BCUT2D eigenvalue weighted by atomic mass is 10.2. The molecule has 2 aromatic rings. The highest BCUT2D eigenvalue weighted by Gasteiger charge is 2.25. The molecule has 0 amide bonds. The molecule has 0 radical (unpaired) electrons. The van der Waals surface area contributed by atoms with Crippen LogP contribution < -0.4 is 0 Å². The van der Waals surface area contributed by atoms with Crippen LogP contribution in [0.5, 0.6) is 5.75 Å². The van der Waals surface area contributed by atoms with Crippen molar-refractivity contribution in [2.75, 3.05) is 0 Å². The third kappa shape index (κ3) is 2.87. The summed E-state index contributed by atoms with van der Waals surface area (Å²) in [6.45, 7) is 0. The number of aliphatic imine (C=N–C) groups is 1. The Morgan fingerprint density at radius 3 is 2.52 bits per heavy atom. The number of benzene rings is 2. The first kappa shape index (κ1) is 13.6. The first-order valence-corrected chi connectivity index (χ1v) is 6.99. The van der Waals surface area contributed by atoms with Gasteiger partial charge in [0.25, 0.3) is 0 Å². The Bertz CT molecular complexity index is 763. The van der Waals surface area contributed by atoms with E-state index in [2.05, 4.69) is 20.9 Å². The summed E-state index contributed by atoms with van der Waals surface area (Å²) in [5, 5.41) is 9.25. The Hall–Kier alpha value is -2.40. The number of phenols is 1. The molecule has 0 unspecified atom stereocenters. The van der Waals surface area contributed by atoms with Crippen LogP contribution in [-0.4, -0.2) is 17.0 Å². The molecule has 1 aliphatic rings. The van der Waals surface area contributed by atoms with Gasteiger partial charge in [0.15, 0.2) is 5.70 Å². The number of hydrogen-bond donors (Lipinski definition) is 1. The number of nitrogens with zero attached hydrogens (tertiary/aromatic N) is 1. The molecule has 0 saturated heterocycles. The van der Waals surface area contributed by atoms with Gasteiger partial charge in [-0.1, -0.05) is 24.3 Å². The van der Waals surface area contributed by atoms with Gasteiger partial charge in [-0.25, -0.2) is 9.79 Å². The zero-order valence-electron chi connectivity index (χ0n) is 10.8. The van der Waals surface area contributed by atoms with E-state index in [9.17, 15) is 9.90 Å². The number of carbonyl (C=O) groups excluding carboxylic acids is 1. The zero-order chi connectivity index (χ0) is 14.8. The highest BCUT2D eigenvalue weighted by molar-refractivity contribution is 9.10. The molecular weight excluding hydrogens is 334 g/mol. The number of phenolic OH excluding ortho intramolecular Hbond substituents is 1. The SMILES string of the molecule is O=C1OC(c2ccccc2Br)=N/C1=C/c1ccc(O)cc1. The van der Waals surface area contributed by atoms with Crippen LogP contribution in [0.25, 0.3) is 6.08 Å². The van der Waals surface area contributed by atoms with Crippen LogP contribution in [0.1, 0.15) is 11.1 Å². The largest absolute Gasteiger partial charge is 0.508 e. The van der Waals surface area contributed by atoms with Gasteiger partial charge in [-0.05, 0) is 51.8 Å². The molecule has 0 saturated carbocycles. The molecule has 21 heavy (non-hydrogen) atoms. The van der Waals surface area contributed by atoms with E-state index in [0.717, 1.165) is 15.6 Å². The predicted octanol–water partition coefficient (Wildman–Crippen LogP) is 3.50. The van der Waals surface area contributed by atoms with Gasteiger partial charge in [0.2, 0.25) is 5.90 Å². The third-order valence-electron chi connectivity index (χ3n) is 2.92. The van der Waals surface area contributed by atoms with Crippen LogP contribution in [0.4, 0.5) is 0 Å². The van der Waals surface area contributed by atoms with Crippen LogP contribution in [0, 0.1) is 0 Å². The van der Waals surface area contributed by atoms with Gasteiger partial charge >= 0.3 is 5.97 Å². The maximum absolute atomic E-state index is 11.9. The Morgan fingerprint density at radius 2 is 1.81 bits per heavy atom. The summed E-state index contributed by atoms with van der Waals surface area (Å²) in [5.41, 5.74) is 1.71. The molecule has 3 rings (SSSR count). The van der Waals surface area contributed by atoms with E-state index in [-0.39, 0.29) is 17.3 Å². The first-order chi connectivity index (χ1) is 10.1. The van der Waals surface area contributed by atoms with E-state index in [1.54, 1.807) is 30.3 Å². The number of aromatic hydroxyl groups is 1. The third-order valence-corrected chi connectivity index (χ3v) is 3.61. The summed E-state index contributed by atoms with van der Waals surface area (Å²) in [6, 6.07) is 13.9. The van der Waals surface area contributed by atoms with Gasteiger partial charge in [0.1, 0.15) is 5.75 Å². The number of cyclic esters (lactones) is 1. The molecule has 0 aromatic heterocycles. The smallest absolute Gasteiger partial charge is 0.363 e. The summed E-state index contributed by atoms with van der Waals surface area (Å²) in [5.74, 6) is -0.0464. The molecule has 0 spiro atoms. The molecule has 1 aliphatic heterocycles. The lowest BCUT2D eigenvalue weighted by Crippen LogP contribution is -2.05. The minimum absolute atomic E-state index is 0.170. The second kappa shape index (κ2) is 5.54. The van der Waals surface area contributed by atoms with Gasteiger partial charge in [-0.2, -0.15) is 0 Å². The molecule has 1 N–H and O–H groups in total. The second-order valence-corrected chi connectivity index (χ2v) is 5.26. The lowest BCUT2D eigenvalue weighted by Gasteiger charge is -2.01. The topological polar surface area (TPSA) is 58.9 Å². The number of rotatable bonds is 2. The molecule has 0 bridgehead atoms. The number of hydrogen-bond acceptors (Lipinski definition) is 4. The fourth-order valence-electron chi connectivity index (χ4n) is 1.89. The Labute approximate surface area is 129 Å². The maximum Gasteiger partial charge on any atom is 0.363 e. The van der Waals surface area contributed by atoms with Crippen molar-refractivity contribution in [3.63, 3.8) is 0 Å². The van der Waals surface area contributed by atoms with Crippen molar-refractivity contribution in [2.24, 2.45) is 4.99 Å². The van der Waals surface area contributed by atoms with Crippen molar-refractivity contribution in [3.05, 3.63) is 69.8 Å². The van der Waals surface area contributed by atoms with Crippen LogP contribution in [-0.2, 0) is 9.53 Å². The van der Waals surface area contributed by atoms with Crippen molar-refractivity contribution in [1.29, 1.82) is 0 Å².